The molecule has 1 saturated heterocycles. The van der Waals surface area contributed by atoms with Gasteiger partial charge in [0, 0.05) is 24.2 Å². The van der Waals surface area contributed by atoms with Gasteiger partial charge in [-0.15, -0.1) is 0 Å². The van der Waals surface area contributed by atoms with E-state index in [1.165, 1.54) is 18.7 Å². The van der Waals surface area contributed by atoms with Crippen LogP contribution < -0.4 is 5.32 Å². The van der Waals surface area contributed by atoms with Crippen LogP contribution in [0.1, 0.15) is 49.9 Å². The van der Waals surface area contributed by atoms with Crippen molar-refractivity contribution in [1.82, 2.24) is 4.90 Å². The highest BCUT2D eigenvalue weighted by atomic mass is 16.5. The first-order chi connectivity index (χ1) is 12.4. The molecule has 1 N–H and O–H groups in total. The smallest absolute Gasteiger partial charge is 0.326 e. The van der Waals surface area contributed by atoms with Crippen molar-refractivity contribution in [3.8, 4) is 0 Å². The van der Waals surface area contributed by atoms with E-state index in [4.69, 9.17) is 4.74 Å². The molecule has 1 fully saturated rings. The number of nitrogens with zero attached hydrogens (tertiary/aromatic N) is 1. The Morgan fingerprint density at radius 1 is 1.23 bits per heavy atom. The number of carbonyl (C=O) groups excluding carboxylic acids is 4. The molecule has 7 nitrogen and oxygen atoms in total. The first-order valence-corrected chi connectivity index (χ1v) is 8.76. The molecule has 0 spiro atoms. The maximum atomic E-state index is 12.2. The molecule has 2 rings (SSSR count). The fourth-order valence-electron chi connectivity index (χ4n) is 2.71. The molecule has 1 heterocycles. The third-order valence-electron chi connectivity index (χ3n) is 4.21. The van der Waals surface area contributed by atoms with Gasteiger partial charge in [-0.05, 0) is 38.8 Å². The summed E-state index contributed by atoms with van der Waals surface area (Å²) in [4.78, 5) is 49.0. The van der Waals surface area contributed by atoms with Gasteiger partial charge < -0.3 is 15.0 Å². The summed E-state index contributed by atoms with van der Waals surface area (Å²) in [7, 11) is 0. The largest absolute Gasteiger partial charge is 0.451 e. The van der Waals surface area contributed by atoms with E-state index in [1.54, 1.807) is 24.3 Å². The fourth-order valence-corrected chi connectivity index (χ4v) is 2.71. The van der Waals surface area contributed by atoms with Gasteiger partial charge in [-0.3, -0.25) is 19.2 Å². The minimum Gasteiger partial charge on any atom is -0.451 e. The van der Waals surface area contributed by atoms with Gasteiger partial charge in [0.2, 0.25) is 5.91 Å². The third kappa shape index (κ3) is 5.68. The number of likely N-dealkylation sites (tertiary alicyclic amines) is 1. The molecule has 0 bridgehead atoms. The number of benzene rings is 1. The lowest BCUT2D eigenvalue weighted by Crippen LogP contribution is -2.38. The van der Waals surface area contributed by atoms with Gasteiger partial charge in [-0.2, -0.15) is 0 Å². The van der Waals surface area contributed by atoms with E-state index in [9.17, 15) is 19.2 Å². The van der Waals surface area contributed by atoms with Crippen molar-refractivity contribution in [3.63, 3.8) is 0 Å². The van der Waals surface area contributed by atoms with E-state index in [1.807, 2.05) is 0 Å². The number of esters is 1. The van der Waals surface area contributed by atoms with E-state index in [0.29, 0.717) is 24.2 Å². The quantitative estimate of drug-likeness (QED) is 0.620. The van der Waals surface area contributed by atoms with E-state index in [-0.39, 0.29) is 18.2 Å². The molecule has 1 aliphatic heterocycles. The van der Waals surface area contributed by atoms with Crippen molar-refractivity contribution in [2.75, 3.05) is 18.4 Å². The number of anilines is 1. The molecule has 2 amide bonds. The highest BCUT2D eigenvalue weighted by Gasteiger charge is 2.23. The maximum Gasteiger partial charge on any atom is 0.326 e. The summed E-state index contributed by atoms with van der Waals surface area (Å²) in [6.45, 7) is 3.30. The molecule has 0 aliphatic carbocycles. The van der Waals surface area contributed by atoms with Gasteiger partial charge in [-0.25, -0.2) is 0 Å². The van der Waals surface area contributed by atoms with Gasteiger partial charge in [-0.1, -0.05) is 18.6 Å². The highest BCUT2D eigenvalue weighted by Crippen LogP contribution is 2.13. The van der Waals surface area contributed by atoms with E-state index < -0.39 is 18.0 Å². The van der Waals surface area contributed by atoms with Crippen molar-refractivity contribution in [2.45, 2.75) is 45.6 Å². The predicted molar refractivity (Wildman–Crippen MR) is 95.7 cm³/mol. The topological polar surface area (TPSA) is 92.8 Å². The van der Waals surface area contributed by atoms with Crippen LogP contribution in [0, 0.1) is 0 Å². The van der Waals surface area contributed by atoms with Crippen molar-refractivity contribution >= 4 is 29.3 Å². The predicted octanol–water partition coefficient (Wildman–Crippen LogP) is 2.16. The van der Waals surface area contributed by atoms with Gasteiger partial charge in [0.1, 0.15) is 6.54 Å². The number of rotatable bonds is 6. The zero-order chi connectivity index (χ0) is 19.1. The first kappa shape index (κ1) is 19.6. The minimum atomic E-state index is -1.01. The Labute approximate surface area is 152 Å². The molecule has 140 valence electrons. The van der Waals surface area contributed by atoms with Crippen LogP contribution in [0.15, 0.2) is 24.3 Å². The molecule has 1 aromatic rings. The van der Waals surface area contributed by atoms with Crippen LogP contribution in [-0.4, -0.2) is 47.7 Å². The summed E-state index contributed by atoms with van der Waals surface area (Å²) in [6.07, 6.45) is 2.10. The molecular weight excluding hydrogens is 336 g/mol. The molecule has 0 saturated carbocycles. The van der Waals surface area contributed by atoms with Crippen LogP contribution in [0.4, 0.5) is 5.69 Å². The van der Waals surface area contributed by atoms with Crippen LogP contribution in [0.3, 0.4) is 0 Å². The number of ketones is 1. The van der Waals surface area contributed by atoms with Crippen LogP contribution >= 0.6 is 0 Å². The number of nitrogens with one attached hydrogen (secondary N) is 1. The number of ether oxygens (including phenoxy) is 1. The Morgan fingerprint density at radius 3 is 2.73 bits per heavy atom. The fraction of sp³-hybridized carbons (Fsp3) is 0.474. The van der Waals surface area contributed by atoms with Gasteiger partial charge in [0.25, 0.3) is 5.91 Å². The Hall–Kier alpha value is -2.70. The summed E-state index contributed by atoms with van der Waals surface area (Å²) >= 11 is 0. The number of hydrogen-bond acceptors (Lipinski definition) is 5. The van der Waals surface area contributed by atoms with E-state index >= 15 is 0 Å². The molecule has 7 heteroatoms. The SMILES string of the molecule is CC(=O)c1cccc(NC(=O)[C@@H](C)OC(=O)CN2CCCCCC2=O)c1. The Kier molecular flexibility index (Phi) is 6.89. The summed E-state index contributed by atoms with van der Waals surface area (Å²) in [5.41, 5.74) is 0.931. The second kappa shape index (κ2) is 9.12. The van der Waals surface area contributed by atoms with Crippen LogP contribution in [0.5, 0.6) is 0 Å². The highest BCUT2D eigenvalue weighted by molar-refractivity contribution is 5.98. The number of carbonyl (C=O) groups is 4. The molecule has 0 radical (unpaired) electrons. The standard InChI is InChI=1S/C19H24N2O5/c1-13(22)15-7-6-8-16(11-15)20-19(25)14(2)26-18(24)12-21-10-5-3-4-9-17(21)23/h6-8,11,14H,3-5,9-10,12H2,1-2H3,(H,20,25)/t14-/m1/s1. The summed E-state index contributed by atoms with van der Waals surface area (Å²) in [5, 5.41) is 2.62. The number of amides is 2. The lowest BCUT2D eigenvalue weighted by Gasteiger charge is -2.20. The van der Waals surface area contributed by atoms with Crippen molar-refractivity contribution < 1.29 is 23.9 Å². The monoisotopic (exact) mass is 360 g/mol. The lowest BCUT2D eigenvalue weighted by molar-refractivity contribution is -0.156. The first-order valence-electron chi connectivity index (χ1n) is 8.76. The zero-order valence-corrected chi connectivity index (χ0v) is 15.1. The molecule has 1 aliphatic rings. The van der Waals surface area contributed by atoms with Crippen molar-refractivity contribution in [2.24, 2.45) is 0 Å². The van der Waals surface area contributed by atoms with Crippen molar-refractivity contribution in [3.05, 3.63) is 29.8 Å². The lowest BCUT2D eigenvalue weighted by atomic mass is 10.1. The van der Waals surface area contributed by atoms with Crippen LogP contribution in [0.2, 0.25) is 0 Å². The van der Waals surface area contributed by atoms with Gasteiger partial charge >= 0.3 is 5.97 Å². The Morgan fingerprint density at radius 2 is 2.00 bits per heavy atom. The maximum absolute atomic E-state index is 12.2. The molecule has 0 aromatic heterocycles. The second-order valence-corrected chi connectivity index (χ2v) is 6.38. The molecule has 26 heavy (non-hydrogen) atoms. The minimum absolute atomic E-state index is 0.0578. The molecule has 1 atom stereocenters. The average Bonchev–Trinajstić information content (AvgIpc) is 2.79. The summed E-state index contributed by atoms with van der Waals surface area (Å²) in [5.74, 6) is -1.28. The third-order valence-corrected chi connectivity index (χ3v) is 4.21. The van der Waals surface area contributed by atoms with Gasteiger partial charge in [0.15, 0.2) is 11.9 Å². The number of hydrogen-bond donors (Lipinski definition) is 1. The number of Topliss-reactive ketones (excluding diaryl/α,β-unsaturated/α-hetero) is 1. The zero-order valence-electron chi connectivity index (χ0n) is 15.1. The second-order valence-electron chi connectivity index (χ2n) is 6.38. The normalized spacial score (nSPS) is 15.8. The molecule has 1 aromatic carbocycles. The van der Waals surface area contributed by atoms with E-state index in [2.05, 4.69) is 5.32 Å². The van der Waals surface area contributed by atoms with Gasteiger partial charge in [0.05, 0.1) is 0 Å². The van der Waals surface area contributed by atoms with Crippen LogP contribution in [-0.2, 0) is 19.1 Å². The van der Waals surface area contributed by atoms with Crippen molar-refractivity contribution in [1.29, 1.82) is 0 Å². The summed E-state index contributed by atoms with van der Waals surface area (Å²) < 4.78 is 5.14. The van der Waals surface area contributed by atoms with E-state index in [0.717, 1.165) is 19.3 Å². The Balaban J connectivity index is 1.87. The average molecular weight is 360 g/mol. The summed E-state index contributed by atoms with van der Waals surface area (Å²) in [6, 6.07) is 6.52. The molecular formula is C19H24N2O5. The Bertz CT molecular complexity index is 701. The van der Waals surface area contributed by atoms with Crippen LogP contribution in [0.25, 0.3) is 0 Å². The molecule has 0 unspecified atom stereocenters.